The largest absolute Gasteiger partial charge is 0.483 e. The Bertz CT molecular complexity index is 683. The number of hydrogen-bond donors (Lipinski definition) is 1. The predicted octanol–water partition coefficient (Wildman–Crippen LogP) is 3.80. The van der Waals surface area contributed by atoms with Gasteiger partial charge >= 0.3 is 0 Å². The summed E-state index contributed by atoms with van der Waals surface area (Å²) in [5.74, 6) is 0.326. The van der Waals surface area contributed by atoms with Gasteiger partial charge in [-0.15, -0.1) is 11.3 Å². The summed E-state index contributed by atoms with van der Waals surface area (Å²) in [6.45, 7) is 3.88. The SMILES string of the molecule is CCc1ccc(C=NNC(=O)COc2ccc(Cl)cc2C)s1. The summed E-state index contributed by atoms with van der Waals surface area (Å²) in [5.41, 5.74) is 3.33. The summed E-state index contributed by atoms with van der Waals surface area (Å²) in [5, 5.41) is 4.56. The maximum absolute atomic E-state index is 11.7. The number of benzene rings is 1. The number of thiophene rings is 1. The lowest BCUT2D eigenvalue weighted by atomic mass is 10.2. The van der Waals surface area contributed by atoms with E-state index in [2.05, 4.69) is 23.5 Å². The average molecular weight is 337 g/mol. The number of nitrogens with zero attached hydrogens (tertiary/aromatic N) is 1. The van der Waals surface area contributed by atoms with Crippen molar-refractivity contribution >= 4 is 35.1 Å². The molecule has 1 aromatic heterocycles. The van der Waals surface area contributed by atoms with Crippen molar-refractivity contribution in [2.45, 2.75) is 20.3 Å². The van der Waals surface area contributed by atoms with E-state index in [0.29, 0.717) is 10.8 Å². The zero-order chi connectivity index (χ0) is 15.9. The molecule has 0 saturated heterocycles. The highest BCUT2D eigenvalue weighted by Crippen LogP contribution is 2.21. The van der Waals surface area contributed by atoms with E-state index in [1.165, 1.54) is 4.88 Å². The van der Waals surface area contributed by atoms with E-state index < -0.39 is 0 Å². The van der Waals surface area contributed by atoms with Crippen LogP contribution in [0.4, 0.5) is 0 Å². The van der Waals surface area contributed by atoms with E-state index in [9.17, 15) is 4.79 Å². The van der Waals surface area contributed by atoms with Gasteiger partial charge in [0.15, 0.2) is 6.61 Å². The van der Waals surface area contributed by atoms with Crippen LogP contribution in [0.25, 0.3) is 0 Å². The molecule has 1 N–H and O–H groups in total. The summed E-state index contributed by atoms with van der Waals surface area (Å²) in [6.07, 6.45) is 2.63. The second-order valence-electron chi connectivity index (χ2n) is 4.65. The predicted molar refractivity (Wildman–Crippen MR) is 91.1 cm³/mol. The molecule has 0 aliphatic heterocycles. The van der Waals surface area contributed by atoms with Crippen LogP contribution in [0.3, 0.4) is 0 Å². The van der Waals surface area contributed by atoms with E-state index in [1.807, 2.05) is 13.0 Å². The van der Waals surface area contributed by atoms with Crippen LogP contribution in [0.5, 0.6) is 5.75 Å². The van der Waals surface area contributed by atoms with E-state index in [0.717, 1.165) is 16.9 Å². The molecule has 0 unspecified atom stereocenters. The number of aryl methyl sites for hydroxylation is 2. The van der Waals surface area contributed by atoms with Gasteiger partial charge in [0.05, 0.1) is 6.21 Å². The Morgan fingerprint density at radius 3 is 2.91 bits per heavy atom. The molecule has 6 heteroatoms. The molecule has 0 fully saturated rings. The minimum atomic E-state index is -0.308. The summed E-state index contributed by atoms with van der Waals surface area (Å²) in [4.78, 5) is 14.0. The lowest BCUT2D eigenvalue weighted by Gasteiger charge is -2.08. The van der Waals surface area contributed by atoms with Crippen LogP contribution in [0.15, 0.2) is 35.4 Å². The lowest BCUT2D eigenvalue weighted by Crippen LogP contribution is -2.24. The van der Waals surface area contributed by atoms with Crippen molar-refractivity contribution in [3.05, 3.63) is 50.7 Å². The second kappa shape index (κ2) is 7.96. The highest BCUT2D eigenvalue weighted by Gasteiger charge is 2.04. The van der Waals surface area contributed by atoms with Crippen molar-refractivity contribution in [3.63, 3.8) is 0 Å². The average Bonchev–Trinajstić information content (AvgIpc) is 2.94. The molecule has 1 heterocycles. The second-order valence-corrected chi connectivity index (χ2v) is 6.29. The molecule has 0 bridgehead atoms. The van der Waals surface area contributed by atoms with Gasteiger partial charge in [-0.1, -0.05) is 18.5 Å². The van der Waals surface area contributed by atoms with Gasteiger partial charge < -0.3 is 4.74 Å². The number of ether oxygens (including phenoxy) is 1. The summed E-state index contributed by atoms with van der Waals surface area (Å²) >= 11 is 7.52. The number of carbonyl (C=O) groups excluding carboxylic acids is 1. The van der Waals surface area contributed by atoms with Gasteiger partial charge in [0, 0.05) is 14.8 Å². The molecular formula is C16H17ClN2O2S. The van der Waals surface area contributed by atoms with Crippen LogP contribution >= 0.6 is 22.9 Å². The number of carbonyl (C=O) groups is 1. The Hall–Kier alpha value is -1.85. The fourth-order valence-electron chi connectivity index (χ4n) is 1.77. The topological polar surface area (TPSA) is 50.7 Å². The minimum Gasteiger partial charge on any atom is -0.483 e. The number of amides is 1. The molecule has 2 rings (SSSR count). The Labute approximate surface area is 138 Å². The van der Waals surface area contributed by atoms with Gasteiger partial charge in [0.1, 0.15) is 5.75 Å². The van der Waals surface area contributed by atoms with E-state index in [1.54, 1.807) is 35.8 Å². The third-order valence-electron chi connectivity index (χ3n) is 2.91. The molecule has 1 aromatic carbocycles. The zero-order valence-corrected chi connectivity index (χ0v) is 14.0. The quantitative estimate of drug-likeness (QED) is 0.644. The van der Waals surface area contributed by atoms with Crippen LogP contribution in [0.1, 0.15) is 22.2 Å². The third-order valence-corrected chi connectivity index (χ3v) is 4.31. The van der Waals surface area contributed by atoms with E-state index >= 15 is 0 Å². The lowest BCUT2D eigenvalue weighted by molar-refractivity contribution is -0.123. The van der Waals surface area contributed by atoms with Crippen molar-refractivity contribution in [1.29, 1.82) is 0 Å². The number of halogens is 1. The molecule has 0 aliphatic carbocycles. The van der Waals surface area contributed by atoms with Gasteiger partial charge in [0.25, 0.3) is 5.91 Å². The van der Waals surface area contributed by atoms with Crippen LogP contribution in [-0.2, 0) is 11.2 Å². The first-order valence-electron chi connectivity index (χ1n) is 6.88. The molecule has 0 aliphatic rings. The van der Waals surface area contributed by atoms with Crippen molar-refractivity contribution in [2.24, 2.45) is 5.10 Å². The standard InChI is InChI=1S/C16H17ClN2O2S/c1-3-13-5-6-14(22-13)9-18-19-16(20)10-21-15-7-4-12(17)8-11(15)2/h4-9H,3,10H2,1-2H3,(H,19,20). The number of nitrogens with one attached hydrogen (secondary N) is 1. The Morgan fingerprint density at radius 2 is 2.23 bits per heavy atom. The number of hydrogen-bond acceptors (Lipinski definition) is 4. The highest BCUT2D eigenvalue weighted by molar-refractivity contribution is 7.13. The molecule has 1 amide bonds. The summed E-state index contributed by atoms with van der Waals surface area (Å²) in [7, 11) is 0. The number of hydrazone groups is 1. The van der Waals surface area contributed by atoms with Crippen molar-refractivity contribution < 1.29 is 9.53 Å². The van der Waals surface area contributed by atoms with Gasteiger partial charge in [-0.2, -0.15) is 5.10 Å². The van der Waals surface area contributed by atoms with Crippen molar-refractivity contribution in [2.75, 3.05) is 6.61 Å². The molecule has 2 aromatic rings. The molecule has 0 spiro atoms. The minimum absolute atomic E-state index is 0.0928. The third kappa shape index (κ3) is 4.86. The van der Waals surface area contributed by atoms with Gasteiger partial charge in [-0.05, 0) is 49.2 Å². The Kier molecular flexibility index (Phi) is 5.98. The first kappa shape index (κ1) is 16.5. The van der Waals surface area contributed by atoms with Crippen LogP contribution in [0.2, 0.25) is 5.02 Å². The van der Waals surface area contributed by atoms with Crippen molar-refractivity contribution in [1.82, 2.24) is 5.43 Å². The fourth-order valence-corrected chi connectivity index (χ4v) is 2.82. The monoisotopic (exact) mass is 336 g/mol. The van der Waals surface area contributed by atoms with Crippen LogP contribution < -0.4 is 10.2 Å². The fraction of sp³-hybridized carbons (Fsp3) is 0.250. The Balaban J connectivity index is 1.80. The molecule has 0 saturated carbocycles. The van der Waals surface area contributed by atoms with Crippen LogP contribution in [0, 0.1) is 6.92 Å². The maximum atomic E-state index is 11.7. The normalized spacial score (nSPS) is 10.9. The molecule has 0 radical (unpaired) electrons. The maximum Gasteiger partial charge on any atom is 0.277 e. The molecule has 4 nitrogen and oxygen atoms in total. The zero-order valence-electron chi connectivity index (χ0n) is 12.4. The van der Waals surface area contributed by atoms with E-state index in [4.69, 9.17) is 16.3 Å². The van der Waals surface area contributed by atoms with Gasteiger partial charge in [-0.3, -0.25) is 4.79 Å². The highest BCUT2D eigenvalue weighted by atomic mass is 35.5. The first-order chi connectivity index (χ1) is 10.6. The Morgan fingerprint density at radius 1 is 1.41 bits per heavy atom. The van der Waals surface area contributed by atoms with E-state index in [-0.39, 0.29) is 12.5 Å². The molecule has 0 atom stereocenters. The molecular weight excluding hydrogens is 320 g/mol. The first-order valence-corrected chi connectivity index (χ1v) is 8.07. The number of rotatable bonds is 6. The van der Waals surface area contributed by atoms with Crippen LogP contribution in [-0.4, -0.2) is 18.7 Å². The van der Waals surface area contributed by atoms with Gasteiger partial charge in [-0.25, -0.2) is 5.43 Å². The van der Waals surface area contributed by atoms with Crippen molar-refractivity contribution in [3.8, 4) is 5.75 Å². The molecule has 22 heavy (non-hydrogen) atoms. The summed E-state index contributed by atoms with van der Waals surface area (Å²) in [6, 6.07) is 9.29. The molecule has 116 valence electrons. The smallest absolute Gasteiger partial charge is 0.277 e. The summed E-state index contributed by atoms with van der Waals surface area (Å²) < 4.78 is 5.44. The van der Waals surface area contributed by atoms with Gasteiger partial charge in [0.2, 0.25) is 0 Å².